The van der Waals surface area contributed by atoms with Crippen LogP contribution in [0.1, 0.15) is 27.7 Å². The predicted octanol–water partition coefficient (Wildman–Crippen LogP) is 0.927. The van der Waals surface area contributed by atoms with E-state index in [9.17, 15) is 9.90 Å². The number of hydrogen-bond acceptors (Lipinski definition) is 4. The third-order valence-corrected chi connectivity index (χ3v) is 3.03. The van der Waals surface area contributed by atoms with Crippen LogP contribution in [0.3, 0.4) is 0 Å². The Labute approximate surface area is 84.2 Å². The number of rotatable bonds is 1. The highest BCUT2D eigenvalue weighted by atomic mass is 16.6. The summed E-state index contributed by atoms with van der Waals surface area (Å²) in [6.07, 6.45) is -1.55. The molecule has 4 nitrogen and oxygen atoms in total. The lowest BCUT2D eigenvalue weighted by Crippen LogP contribution is -2.49. The van der Waals surface area contributed by atoms with Gasteiger partial charge in [0.25, 0.3) is 0 Å². The highest BCUT2D eigenvalue weighted by Gasteiger charge is 2.40. The van der Waals surface area contributed by atoms with E-state index in [4.69, 9.17) is 9.47 Å². The van der Waals surface area contributed by atoms with E-state index in [1.807, 2.05) is 20.8 Å². The molecule has 1 aliphatic heterocycles. The van der Waals surface area contributed by atoms with Gasteiger partial charge in [0.15, 0.2) is 12.4 Å². The van der Waals surface area contributed by atoms with E-state index in [0.717, 1.165) is 0 Å². The van der Waals surface area contributed by atoms with Crippen LogP contribution in [0.5, 0.6) is 0 Å². The normalized spacial score (nSPS) is 43.4. The van der Waals surface area contributed by atoms with Crippen molar-refractivity contribution in [1.29, 1.82) is 0 Å². The van der Waals surface area contributed by atoms with E-state index in [-0.39, 0.29) is 23.9 Å². The van der Waals surface area contributed by atoms with Gasteiger partial charge in [-0.15, -0.1) is 0 Å². The number of ether oxygens (including phenoxy) is 2. The molecule has 1 N–H and O–H groups in total. The number of carbonyl (C=O) groups is 1. The van der Waals surface area contributed by atoms with Gasteiger partial charge in [-0.25, -0.2) is 0 Å². The topological polar surface area (TPSA) is 55.8 Å². The quantitative estimate of drug-likeness (QED) is 0.643. The Morgan fingerprint density at radius 3 is 2.36 bits per heavy atom. The molecule has 0 saturated carbocycles. The Balaban J connectivity index is 2.68. The molecule has 0 bridgehead atoms. The van der Waals surface area contributed by atoms with Gasteiger partial charge in [-0.3, -0.25) is 4.79 Å². The van der Waals surface area contributed by atoms with Crippen molar-refractivity contribution >= 4 is 5.97 Å². The second kappa shape index (κ2) is 4.28. The van der Waals surface area contributed by atoms with Crippen LogP contribution in [0.25, 0.3) is 0 Å². The van der Waals surface area contributed by atoms with Crippen LogP contribution in [0.15, 0.2) is 0 Å². The molecule has 0 aromatic heterocycles. The summed E-state index contributed by atoms with van der Waals surface area (Å²) < 4.78 is 10.3. The van der Waals surface area contributed by atoms with Crippen molar-refractivity contribution in [2.75, 3.05) is 0 Å². The van der Waals surface area contributed by atoms with Crippen molar-refractivity contribution in [1.82, 2.24) is 0 Å². The summed E-state index contributed by atoms with van der Waals surface area (Å²) >= 11 is 0. The summed E-state index contributed by atoms with van der Waals surface area (Å²) in [7, 11) is 0. The zero-order valence-corrected chi connectivity index (χ0v) is 9.06. The summed E-state index contributed by atoms with van der Waals surface area (Å²) in [4.78, 5) is 10.8. The molecule has 2 unspecified atom stereocenters. The largest absolute Gasteiger partial charge is 0.457 e. The van der Waals surface area contributed by atoms with E-state index in [1.165, 1.54) is 6.92 Å². The van der Waals surface area contributed by atoms with Gasteiger partial charge in [0.2, 0.25) is 0 Å². The van der Waals surface area contributed by atoms with Crippen LogP contribution in [0, 0.1) is 11.8 Å². The molecule has 0 radical (unpaired) electrons. The van der Waals surface area contributed by atoms with Crippen molar-refractivity contribution in [3.05, 3.63) is 0 Å². The zero-order valence-electron chi connectivity index (χ0n) is 9.06. The van der Waals surface area contributed by atoms with Crippen molar-refractivity contribution in [2.45, 2.75) is 46.2 Å². The predicted molar refractivity (Wildman–Crippen MR) is 50.4 cm³/mol. The van der Waals surface area contributed by atoms with Crippen molar-refractivity contribution in [3.8, 4) is 0 Å². The van der Waals surface area contributed by atoms with Crippen molar-refractivity contribution in [2.24, 2.45) is 11.8 Å². The van der Waals surface area contributed by atoms with Gasteiger partial charge >= 0.3 is 5.97 Å². The number of esters is 1. The number of carbonyl (C=O) groups excluding carboxylic acids is 1. The van der Waals surface area contributed by atoms with Crippen LogP contribution in [0.4, 0.5) is 0 Å². The van der Waals surface area contributed by atoms with Crippen LogP contribution >= 0.6 is 0 Å². The molecule has 0 aromatic rings. The van der Waals surface area contributed by atoms with Gasteiger partial charge in [-0.1, -0.05) is 13.8 Å². The fourth-order valence-corrected chi connectivity index (χ4v) is 1.76. The molecule has 14 heavy (non-hydrogen) atoms. The summed E-state index contributed by atoms with van der Waals surface area (Å²) in [6.45, 7) is 7.23. The number of hydrogen-bond donors (Lipinski definition) is 1. The standard InChI is InChI=1S/C10H18O4/c1-5-6(2)9(14-8(4)11)10(12)13-7(5)3/h5-7,9-10,12H,1-4H3/t5-,6+,7?,9?,10-/m1/s1. The molecular weight excluding hydrogens is 184 g/mol. The van der Waals surface area contributed by atoms with Gasteiger partial charge < -0.3 is 14.6 Å². The summed E-state index contributed by atoms with van der Waals surface area (Å²) in [5.41, 5.74) is 0. The maximum atomic E-state index is 10.8. The molecule has 1 rings (SSSR count). The van der Waals surface area contributed by atoms with E-state index >= 15 is 0 Å². The number of aliphatic hydroxyl groups is 1. The molecule has 0 amide bonds. The average molecular weight is 202 g/mol. The van der Waals surface area contributed by atoms with Gasteiger partial charge in [0, 0.05) is 12.8 Å². The van der Waals surface area contributed by atoms with Gasteiger partial charge in [0.1, 0.15) is 0 Å². The summed E-state index contributed by atoms with van der Waals surface area (Å²) in [6, 6.07) is 0. The minimum absolute atomic E-state index is 0.00759. The molecule has 0 aromatic carbocycles. The van der Waals surface area contributed by atoms with E-state index in [2.05, 4.69) is 0 Å². The highest BCUT2D eigenvalue weighted by Crippen LogP contribution is 2.31. The van der Waals surface area contributed by atoms with Crippen LogP contribution in [0.2, 0.25) is 0 Å². The Kier molecular flexibility index (Phi) is 3.50. The fraction of sp³-hybridized carbons (Fsp3) is 0.900. The fourth-order valence-electron chi connectivity index (χ4n) is 1.76. The van der Waals surface area contributed by atoms with Crippen molar-refractivity contribution in [3.63, 3.8) is 0 Å². The van der Waals surface area contributed by atoms with Gasteiger partial charge in [0.05, 0.1) is 6.10 Å². The molecule has 5 atom stereocenters. The lowest BCUT2D eigenvalue weighted by molar-refractivity contribution is -0.253. The lowest BCUT2D eigenvalue weighted by atomic mass is 9.84. The minimum Gasteiger partial charge on any atom is -0.457 e. The maximum absolute atomic E-state index is 10.8. The zero-order chi connectivity index (χ0) is 10.9. The molecule has 82 valence electrons. The first kappa shape index (κ1) is 11.5. The van der Waals surface area contributed by atoms with Crippen LogP contribution in [-0.2, 0) is 14.3 Å². The summed E-state index contributed by atoms with van der Waals surface area (Å²) in [5.74, 6) is -0.00773. The first-order valence-corrected chi connectivity index (χ1v) is 4.94. The highest BCUT2D eigenvalue weighted by molar-refractivity contribution is 5.66. The summed E-state index contributed by atoms with van der Waals surface area (Å²) in [5, 5.41) is 9.58. The third kappa shape index (κ3) is 2.25. The van der Waals surface area contributed by atoms with Crippen LogP contribution in [-0.4, -0.2) is 29.6 Å². The first-order valence-electron chi connectivity index (χ1n) is 4.94. The molecule has 1 saturated heterocycles. The maximum Gasteiger partial charge on any atom is 0.303 e. The monoisotopic (exact) mass is 202 g/mol. The molecule has 1 heterocycles. The Bertz CT molecular complexity index is 216. The van der Waals surface area contributed by atoms with Gasteiger partial charge in [-0.2, -0.15) is 0 Å². The molecule has 0 aliphatic carbocycles. The van der Waals surface area contributed by atoms with Crippen molar-refractivity contribution < 1.29 is 19.4 Å². The minimum atomic E-state index is -1.000. The SMILES string of the molecule is CC(=O)OC1[C@H](O)OC(C)[C@H](C)[C@@H]1C. The Morgan fingerprint density at radius 2 is 1.86 bits per heavy atom. The molecule has 1 aliphatic rings. The van der Waals surface area contributed by atoms with E-state index in [0.29, 0.717) is 0 Å². The van der Waals surface area contributed by atoms with E-state index < -0.39 is 12.4 Å². The average Bonchev–Trinajstić information content (AvgIpc) is 2.09. The van der Waals surface area contributed by atoms with Crippen LogP contribution < -0.4 is 0 Å². The second-order valence-corrected chi connectivity index (χ2v) is 4.02. The van der Waals surface area contributed by atoms with Gasteiger partial charge in [-0.05, 0) is 12.8 Å². The number of aliphatic hydroxyl groups excluding tert-OH is 1. The lowest BCUT2D eigenvalue weighted by Gasteiger charge is -2.40. The third-order valence-electron chi connectivity index (χ3n) is 3.03. The smallest absolute Gasteiger partial charge is 0.303 e. The Morgan fingerprint density at radius 1 is 1.29 bits per heavy atom. The van der Waals surface area contributed by atoms with E-state index in [1.54, 1.807) is 0 Å². The first-order chi connectivity index (χ1) is 6.43. The Hall–Kier alpha value is -0.610. The molecular formula is C10H18O4. The second-order valence-electron chi connectivity index (χ2n) is 4.02. The molecule has 0 spiro atoms. The molecule has 4 heteroatoms. The molecule has 1 fully saturated rings.